The fourth-order valence-electron chi connectivity index (χ4n) is 4.07. The van der Waals surface area contributed by atoms with E-state index in [2.05, 4.69) is 10.2 Å². The molecule has 2 aliphatic rings. The molecule has 0 aromatic heterocycles. The molecule has 2 heterocycles. The lowest BCUT2D eigenvalue weighted by atomic mass is 9.77. The first-order valence-corrected chi connectivity index (χ1v) is 8.45. The number of carboxylic acid groups (broad SMARTS) is 1. The summed E-state index contributed by atoms with van der Waals surface area (Å²) in [4.78, 5) is 13.9. The van der Waals surface area contributed by atoms with E-state index in [0.29, 0.717) is 6.54 Å². The summed E-state index contributed by atoms with van der Waals surface area (Å²) in [5.74, 6) is 0.735. The number of carboxylic acids is 1. The molecule has 0 amide bonds. The minimum absolute atomic E-state index is 0.136. The molecule has 132 valence electrons. The van der Waals surface area contributed by atoms with Gasteiger partial charge in [0.15, 0.2) is 0 Å². The average Bonchev–Trinajstić information content (AvgIpc) is 2.93. The lowest BCUT2D eigenvalue weighted by Gasteiger charge is -2.33. The summed E-state index contributed by atoms with van der Waals surface area (Å²) in [6, 6.07) is 5.32. The fourth-order valence-corrected chi connectivity index (χ4v) is 4.07. The van der Waals surface area contributed by atoms with Crippen LogP contribution in [0, 0.1) is 5.41 Å². The van der Waals surface area contributed by atoms with Gasteiger partial charge in [-0.15, -0.1) is 0 Å². The van der Waals surface area contributed by atoms with Gasteiger partial charge in [0.2, 0.25) is 0 Å². The second-order valence-corrected chi connectivity index (χ2v) is 6.93. The zero-order valence-corrected chi connectivity index (χ0v) is 14.4. The topological polar surface area (TPSA) is 71.0 Å². The predicted octanol–water partition coefficient (Wildman–Crippen LogP) is 1.73. The number of carbonyl (C=O) groups is 1. The maximum Gasteiger partial charge on any atom is 0.320 e. The number of aliphatic carboxylic acids is 1. The molecule has 1 aromatic rings. The van der Waals surface area contributed by atoms with Gasteiger partial charge in [0, 0.05) is 19.2 Å². The van der Waals surface area contributed by atoms with E-state index in [9.17, 15) is 9.90 Å². The van der Waals surface area contributed by atoms with Crippen LogP contribution in [0.3, 0.4) is 0 Å². The smallest absolute Gasteiger partial charge is 0.320 e. The predicted molar refractivity (Wildman–Crippen MR) is 90.5 cm³/mol. The number of piperidine rings is 1. The lowest BCUT2D eigenvalue weighted by molar-refractivity contribution is -0.142. The number of nitrogens with zero attached hydrogens (tertiary/aromatic N) is 1. The molecule has 1 spiro atoms. The molecular weight excluding hydrogens is 308 g/mol. The summed E-state index contributed by atoms with van der Waals surface area (Å²) in [7, 11) is 3.25. The first-order valence-electron chi connectivity index (χ1n) is 8.45. The summed E-state index contributed by atoms with van der Waals surface area (Å²) in [5.41, 5.74) is 1.15. The van der Waals surface area contributed by atoms with E-state index in [1.165, 1.54) is 0 Å². The standard InChI is InChI=1S/C18H26N2O4/c1-23-14-7-13(8-15(9-14)24-2)11-20-12-18(3-5-19-6-4-18)10-16(20)17(21)22/h7-9,16,19H,3-6,10-12H2,1-2H3,(H,21,22)/t16-/m1/s1. The van der Waals surface area contributed by atoms with Crippen molar-refractivity contribution in [2.24, 2.45) is 5.41 Å². The van der Waals surface area contributed by atoms with Crippen LogP contribution in [0.5, 0.6) is 11.5 Å². The molecule has 1 aromatic carbocycles. The third kappa shape index (κ3) is 3.49. The molecule has 0 aliphatic carbocycles. The Balaban J connectivity index is 1.80. The number of ether oxygens (including phenoxy) is 2. The second-order valence-electron chi connectivity index (χ2n) is 6.93. The number of likely N-dealkylation sites (tertiary alicyclic amines) is 1. The summed E-state index contributed by atoms with van der Waals surface area (Å²) in [5, 5.41) is 13.0. The minimum atomic E-state index is -0.722. The van der Waals surface area contributed by atoms with Gasteiger partial charge < -0.3 is 19.9 Å². The van der Waals surface area contributed by atoms with Crippen LogP contribution < -0.4 is 14.8 Å². The van der Waals surface area contributed by atoms with E-state index in [1.54, 1.807) is 14.2 Å². The Morgan fingerprint density at radius 2 is 1.88 bits per heavy atom. The van der Waals surface area contributed by atoms with E-state index >= 15 is 0 Å². The highest BCUT2D eigenvalue weighted by Crippen LogP contribution is 2.42. The highest BCUT2D eigenvalue weighted by atomic mass is 16.5. The molecule has 6 heteroatoms. The maximum atomic E-state index is 11.8. The highest BCUT2D eigenvalue weighted by Gasteiger charge is 2.47. The van der Waals surface area contributed by atoms with E-state index in [4.69, 9.17) is 9.47 Å². The van der Waals surface area contributed by atoms with Gasteiger partial charge >= 0.3 is 5.97 Å². The van der Waals surface area contributed by atoms with Crippen molar-refractivity contribution in [3.8, 4) is 11.5 Å². The van der Waals surface area contributed by atoms with Gasteiger partial charge in [-0.25, -0.2) is 0 Å². The molecule has 2 aliphatic heterocycles. The Morgan fingerprint density at radius 1 is 1.25 bits per heavy atom. The van der Waals surface area contributed by atoms with E-state index in [-0.39, 0.29) is 5.41 Å². The van der Waals surface area contributed by atoms with Crippen molar-refractivity contribution in [1.29, 1.82) is 0 Å². The molecular formula is C18H26N2O4. The van der Waals surface area contributed by atoms with Crippen LogP contribution >= 0.6 is 0 Å². The highest BCUT2D eigenvalue weighted by molar-refractivity contribution is 5.74. The van der Waals surface area contributed by atoms with Gasteiger partial charge in [-0.3, -0.25) is 9.69 Å². The molecule has 2 saturated heterocycles. The fraction of sp³-hybridized carbons (Fsp3) is 0.611. The monoisotopic (exact) mass is 334 g/mol. The Bertz CT molecular complexity index is 576. The van der Waals surface area contributed by atoms with Gasteiger partial charge in [-0.05, 0) is 55.5 Å². The van der Waals surface area contributed by atoms with Crippen molar-refractivity contribution >= 4 is 5.97 Å². The summed E-state index contributed by atoms with van der Waals surface area (Å²) < 4.78 is 10.6. The normalized spacial score (nSPS) is 23.3. The molecule has 2 N–H and O–H groups in total. The number of nitrogens with one attached hydrogen (secondary N) is 1. The van der Waals surface area contributed by atoms with Crippen molar-refractivity contribution in [3.63, 3.8) is 0 Å². The quantitative estimate of drug-likeness (QED) is 0.855. The summed E-state index contributed by atoms with van der Waals surface area (Å²) in [6.45, 7) is 3.39. The van der Waals surface area contributed by atoms with Gasteiger partial charge in [-0.1, -0.05) is 0 Å². The second kappa shape index (κ2) is 6.99. The maximum absolute atomic E-state index is 11.8. The number of rotatable bonds is 5. The molecule has 24 heavy (non-hydrogen) atoms. The SMILES string of the molecule is COc1cc(CN2CC3(CCNCC3)C[C@@H]2C(=O)O)cc(OC)c1. The zero-order chi connectivity index (χ0) is 17.2. The minimum Gasteiger partial charge on any atom is -0.497 e. The van der Waals surface area contributed by atoms with Crippen LogP contribution in [-0.2, 0) is 11.3 Å². The van der Waals surface area contributed by atoms with Gasteiger partial charge in [0.25, 0.3) is 0 Å². The Kier molecular flexibility index (Phi) is 4.96. The molecule has 6 nitrogen and oxygen atoms in total. The van der Waals surface area contributed by atoms with Crippen LogP contribution in [-0.4, -0.2) is 55.9 Å². The number of hydrogen-bond acceptors (Lipinski definition) is 5. The van der Waals surface area contributed by atoms with Crippen LogP contribution in [0.2, 0.25) is 0 Å². The largest absolute Gasteiger partial charge is 0.497 e. The lowest BCUT2D eigenvalue weighted by Crippen LogP contribution is -2.38. The summed E-state index contributed by atoms with van der Waals surface area (Å²) in [6.07, 6.45) is 2.84. The van der Waals surface area contributed by atoms with E-state index in [0.717, 1.165) is 56.0 Å². The van der Waals surface area contributed by atoms with Crippen molar-refractivity contribution in [2.45, 2.75) is 31.8 Å². The van der Waals surface area contributed by atoms with Crippen LogP contribution in [0.15, 0.2) is 18.2 Å². The van der Waals surface area contributed by atoms with Crippen LogP contribution in [0.4, 0.5) is 0 Å². The molecule has 1 atom stereocenters. The molecule has 3 rings (SSSR count). The van der Waals surface area contributed by atoms with Gasteiger partial charge in [-0.2, -0.15) is 0 Å². The van der Waals surface area contributed by atoms with Crippen molar-refractivity contribution < 1.29 is 19.4 Å². The first kappa shape index (κ1) is 17.0. The summed E-state index contributed by atoms with van der Waals surface area (Å²) >= 11 is 0. The first-order chi connectivity index (χ1) is 11.5. The van der Waals surface area contributed by atoms with E-state index < -0.39 is 12.0 Å². The average molecular weight is 334 g/mol. The van der Waals surface area contributed by atoms with E-state index in [1.807, 2.05) is 18.2 Å². The molecule has 2 fully saturated rings. The molecule has 0 saturated carbocycles. The van der Waals surface area contributed by atoms with Gasteiger partial charge in [0.05, 0.1) is 14.2 Å². The number of methoxy groups -OCH3 is 2. The van der Waals surface area contributed by atoms with Gasteiger partial charge in [0.1, 0.15) is 17.5 Å². The Morgan fingerprint density at radius 3 is 2.42 bits per heavy atom. The molecule has 0 unspecified atom stereocenters. The van der Waals surface area contributed by atoms with Crippen LogP contribution in [0.1, 0.15) is 24.8 Å². The molecule has 0 bridgehead atoms. The number of benzene rings is 1. The third-order valence-corrected chi connectivity index (χ3v) is 5.35. The van der Waals surface area contributed by atoms with Crippen molar-refractivity contribution in [2.75, 3.05) is 33.9 Å². The van der Waals surface area contributed by atoms with Crippen LogP contribution in [0.25, 0.3) is 0 Å². The Labute approximate surface area is 142 Å². The third-order valence-electron chi connectivity index (χ3n) is 5.35. The van der Waals surface area contributed by atoms with Crippen molar-refractivity contribution in [3.05, 3.63) is 23.8 Å². The Hall–Kier alpha value is -1.79. The zero-order valence-electron chi connectivity index (χ0n) is 14.4. The van der Waals surface area contributed by atoms with Crippen molar-refractivity contribution in [1.82, 2.24) is 10.2 Å². The number of hydrogen-bond donors (Lipinski definition) is 2. The molecule has 0 radical (unpaired) electrons.